The highest BCUT2D eigenvalue weighted by atomic mass is 32.2. The van der Waals surface area contributed by atoms with Gasteiger partial charge in [-0.05, 0) is 43.5 Å². The summed E-state index contributed by atoms with van der Waals surface area (Å²) in [6.45, 7) is 6.09. The lowest BCUT2D eigenvalue weighted by Crippen LogP contribution is -2.53. The maximum atomic E-state index is 13.8. The second-order valence-corrected chi connectivity index (χ2v) is 11.6. The number of hydrogen-bond acceptors (Lipinski definition) is 4. The van der Waals surface area contributed by atoms with E-state index in [1.165, 1.54) is 24.1 Å². The number of carbonyl (C=O) groups excluding carboxylic acids is 2. The second kappa shape index (κ2) is 13.3. The minimum absolute atomic E-state index is 0.116. The molecule has 0 aromatic heterocycles. The van der Waals surface area contributed by atoms with Crippen LogP contribution in [0.2, 0.25) is 0 Å². The molecule has 0 bridgehead atoms. The smallest absolute Gasteiger partial charge is 0.243 e. The first-order valence-electron chi connectivity index (χ1n) is 12.8. The summed E-state index contributed by atoms with van der Waals surface area (Å²) in [5.41, 5.74) is 3.78. The van der Waals surface area contributed by atoms with E-state index in [0.717, 1.165) is 33.0 Å². The van der Waals surface area contributed by atoms with Gasteiger partial charge in [-0.25, -0.2) is 8.42 Å². The summed E-state index contributed by atoms with van der Waals surface area (Å²) in [6.07, 6.45) is 1.07. The molecule has 3 rings (SSSR count). The van der Waals surface area contributed by atoms with Crippen LogP contribution in [-0.2, 0) is 32.6 Å². The third kappa shape index (κ3) is 7.76. The van der Waals surface area contributed by atoms with Crippen molar-refractivity contribution in [2.45, 2.75) is 51.1 Å². The van der Waals surface area contributed by atoms with E-state index < -0.39 is 28.5 Å². The number of nitrogens with one attached hydrogen (secondary N) is 1. The van der Waals surface area contributed by atoms with Gasteiger partial charge in [0.25, 0.3) is 0 Å². The molecule has 7 nitrogen and oxygen atoms in total. The zero-order valence-electron chi connectivity index (χ0n) is 22.6. The molecule has 0 aliphatic rings. The Morgan fingerprint density at radius 1 is 0.842 bits per heavy atom. The molecule has 0 saturated heterocycles. The van der Waals surface area contributed by atoms with Crippen LogP contribution in [0.3, 0.4) is 0 Å². The van der Waals surface area contributed by atoms with Gasteiger partial charge < -0.3 is 10.2 Å². The van der Waals surface area contributed by atoms with Crippen molar-refractivity contribution < 1.29 is 18.0 Å². The first kappa shape index (κ1) is 29.1. The van der Waals surface area contributed by atoms with Crippen LogP contribution in [0.15, 0.2) is 83.8 Å². The minimum atomic E-state index is -3.90. The average Bonchev–Trinajstić information content (AvgIpc) is 2.91. The van der Waals surface area contributed by atoms with Gasteiger partial charge in [0, 0.05) is 26.6 Å². The van der Waals surface area contributed by atoms with Gasteiger partial charge >= 0.3 is 0 Å². The third-order valence-corrected chi connectivity index (χ3v) is 8.20. The number of aryl methyl sites for hydroxylation is 2. The molecule has 0 aliphatic carbocycles. The molecule has 1 N–H and O–H groups in total. The lowest BCUT2D eigenvalue weighted by molar-refractivity contribution is -0.141. The predicted molar refractivity (Wildman–Crippen MR) is 150 cm³/mol. The van der Waals surface area contributed by atoms with E-state index in [9.17, 15) is 18.0 Å². The Morgan fingerprint density at radius 3 is 2.00 bits per heavy atom. The summed E-state index contributed by atoms with van der Waals surface area (Å²) < 4.78 is 27.5. The van der Waals surface area contributed by atoms with Gasteiger partial charge in [-0.3, -0.25) is 9.59 Å². The number of sulfonamides is 1. The maximum Gasteiger partial charge on any atom is 0.243 e. The first-order valence-corrected chi connectivity index (χ1v) is 14.3. The lowest BCUT2D eigenvalue weighted by Gasteiger charge is -2.32. The summed E-state index contributed by atoms with van der Waals surface area (Å²) in [6, 6.07) is 23.0. The molecular formula is C30H37N3O4S. The molecular weight excluding hydrogens is 498 g/mol. The third-order valence-electron chi connectivity index (χ3n) is 6.38. The summed E-state index contributed by atoms with van der Waals surface area (Å²) in [5, 5.41) is 2.93. The van der Waals surface area contributed by atoms with Gasteiger partial charge in [-0.15, -0.1) is 0 Å². The van der Waals surface area contributed by atoms with Crippen molar-refractivity contribution in [2.75, 3.05) is 20.1 Å². The number of amides is 2. The molecule has 0 radical (unpaired) electrons. The fourth-order valence-corrected chi connectivity index (χ4v) is 5.19. The lowest BCUT2D eigenvalue weighted by atomic mass is 10.0. The van der Waals surface area contributed by atoms with Crippen LogP contribution in [0.5, 0.6) is 0 Å². The number of carbonyl (C=O) groups is 2. The number of likely N-dealkylation sites (N-methyl/N-ethyl adjacent to an activating group) is 1. The van der Waals surface area contributed by atoms with Gasteiger partial charge in [0.05, 0.1) is 11.4 Å². The largest absolute Gasteiger partial charge is 0.354 e. The molecule has 2 amide bonds. The maximum absolute atomic E-state index is 13.8. The molecule has 38 heavy (non-hydrogen) atoms. The second-order valence-electron chi connectivity index (χ2n) is 9.58. The van der Waals surface area contributed by atoms with Crippen LogP contribution < -0.4 is 5.32 Å². The van der Waals surface area contributed by atoms with E-state index in [2.05, 4.69) is 5.32 Å². The molecule has 0 saturated carbocycles. The fourth-order valence-electron chi connectivity index (χ4n) is 4.07. The molecule has 202 valence electrons. The number of nitrogens with zero attached hydrogens (tertiary/aromatic N) is 2. The van der Waals surface area contributed by atoms with Crippen molar-refractivity contribution in [1.29, 1.82) is 0 Å². The zero-order valence-corrected chi connectivity index (χ0v) is 23.4. The Hall–Kier alpha value is -3.49. The Labute approximate surface area is 226 Å². The number of rotatable bonds is 12. The average molecular weight is 536 g/mol. The Bertz CT molecular complexity index is 1310. The predicted octanol–water partition coefficient (Wildman–Crippen LogP) is 4.09. The SMILES string of the molecule is CCCNC(=O)[C@H](Cc1ccccc1)N(Cc1ccc(C)cc1)C(=O)CN(C)S(=O)(=O)c1ccc(C)cc1. The van der Waals surface area contributed by atoms with E-state index in [1.54, 1.807) is 12.1 Å². The molecule has 8 heteroatoms. The van der Waals surface area contributed by atoms with Gasteiger partial charge in [0.1, 0.15) is 6.04 Å². The number of benzene rings is 3. The van der Waals surface area contributed by atoms with E-state index in [1.807, 2.05) is 75.4 Å². The molecule has 0 unspecified atom stereocenters. The van der Waals surface area contributed by atoms with E-state index >= 15 is 0 Å². The molecule has 3 aromatic carbocycles. The quantitative estimate of drug-likeness (QED) is 0.379. The Balaban J connectivity index is 1.95. The molecule has 3 aromatic rings. The molecule has 0 aliphatic heterocycles. The van der Waals surface area contributed by atoms with Crippen molar-refractivity contribution in [3.63, 3.8) is 0 Å². The highest BCUT2D eigenvalue weighted by molar-refractivity contribution is 7.89. The number of hydrogen-bond donors (Lipinski definition) is 1. The first-order chi connectivity index (χ1) is 18.1. The van der Waals surface area contributed by atoms with Crippen LogP contribution in [0.4, 0.5) is 0 Å². The summed E-state index contributed by atoms with van der Waals surface area (Å²) in [4.78, 5) is 28.8. The highest BCUT2D eigenvalue weighted by Crippen LogP contribution is 2.19. The Kier molecular flexibility index (Phi) is 10.2. The normalized spacial score (nSPS) is 12.2. The topological polar surface area (TPSA) is 86.8 Å². The van der Waals surface area contributed by atoms with E-state index in [-0.39, 0.29) is 17.3 Å². The Morgan fingerprint density at radius 2 is 1.42 bits per heavy atom. The summed E-state index contributed by atoms with van der Waals surface area (Å²) in [7, 11) is -2.51. The van der Waals surface area contributed by atoms with Crippen molar-refractivity contribution >= 4 is 21.8 Å². The minimum Gasteiger partial charge on any atom is -0.354 e. The van der Waals surface area contributed by atoms with Crippen molar-refractivity contribution in [3.05, 3.63) is 101 Å². The van der Waals surface area contributed by atoms with Gasteiger partial charge in [0.15, 0.2) is 0 Å². The molecule has 0 heterocycles. The molecule has 0 fully saturated rings. The van der Waals surface area contributed by atoms with Crippen LogP contribution in [0.1, 0.15) is 35.6 Å². The van der Waals surface area contributed by atoms with Gasteiger partial charge in [-0.1, -0.05) is 84.8 Å². The van der Waals surface area contributed by atoms with Crippen LogP contribution in [0.25, 0.3) is 0 Å². The monoisotopic (exact) mass is 535 g/mol. The van der Waals surface area contributed by atoms with E-state index in [0.29, 0.717) is 13.0 Å². The zero-order chi connectivity index (χ0) is 27.7. The van der Waals surface area contributed by atoms with Crippen LogP contribution in [-0.4, -0.2) is 55.6 Å². The summed E-state index contributed by atoms with van der Waals surface area (Å²) in [5.74, 6) is -0.712. The van der Waals surface area contributed by atoms with Crippen LogP contribution in [0, 0.1) is 13.8 Å². The van der Waals surface area contributed by atoms with Crippen molar-refractivity contribution in [2.24, 2.45) is 0 Å². The van der Waals surface area contributed by atoms with Crippen molar-refractivity contribution in [3.8, 4) is 0 Å². The van der Waals surface area contributed by atoms with Gasteiger partial charge in [-0.2, -0.15) is 4.31 Å². The van der Waals surface area contributed by atoms with E-state index in [4.69, 9.17) is 0 Å². The van der Waals surface area contributed by atoms with Crippen molar-refractivity contribution in [1.82, 2.24) is 14.5 Å². The molecule has 0 spiro atoms. The van der Waals surface area contributed by atoms with Gasteiger partial charge in [0.2, 0.25) is 21.8 Å². The highest BCUT2D eigenvalue weighted by Gasteiger charge is 2.32. The summed E-state index contributed by atoms with van der Waals surface area (Å²) >= 11 is 0. The fraction of sp³-hybridized carbons (Fsp3) is 0.333. The molecule has 1 atom stereocenters. The van der Waals surface area contributed by atoms with Crippen LogP contribution >= 0.6 is 0 Å². The standard InChI is InChI=1S/C30H37N3O4S/c1-5-19-31-30(35)28(20-25-9-7-6-8-10-25)33(21-26-15-11-23(2)12-16-26)29(34)22-32(4)38(36,37)27-17-13-24(3)14-18-27/h6-18,28H,5,19-22H2,1-4H3,(H,31,35)/t28-/m0/s1.